The molecular weight excluding hydrogens is 208 g/mol. The molecule has 1 rings (SSSR count). The second-order valence-corrected chi connectivity index (χ2v) is 5.50. The average Bonchev–Trinajstić information content (AvgIpc) is 2.28. The lowest BCUT2D eigenvalue weighted by molar-refractivity contribution is -0.108. The first-order valence-electron chi connectivity index (χ1n) is 6.54. The van der Waals surface area contributed by atoms with Crippen molar-refractivity contribution < 1.29 is 4.79 Å². The third-order valence-corrected chi connectivity index (χ3v) is 3.38. The molecule has 1 atom stereocenters. The number of rotatable bonds is 5. The normalized spacial score (nSPS) is 13.1. The van der Waals surface area contributed by atoms with Crippen molar-refractivity contribution in [3.63, 3.8) is 0 Å². The van der Waals surface area contributed by atoms with Crippen molar-refractivity contribution in [1.29, 1.82) is 0 Å². The minimum Gasteiger partial charge on any atom is -0.303 e. The molecule has 1 unspecified atom stereocenters. The van der Waals surface area contributed by atoms with E-state index in [4.69, 9.17) is 0 Å². The fourth-order valence-electron chi connectivity index (χ4n) is 2.18. The third-order valence-electron chi connectivity index (χ3n) is 3.38. The summed E-state index contributed by atoms with van der Waals surface area (Å²) in [7, 11) is 0. The molecule has 0 amide bonds. The van der Waals surface area contributed by atoms with Crippen LogP contribution in [-0.4, -0.2) is 6.29 Å². The fourth-order valence-corrected chi connectivity index (χ4v) is 2.18. The van der Waals surface area contributed by atoms with Crippen LogP contribution >= 0.6 is 0 Å². The molecule has 0 radical (unpaired) electrons. The summed E-state index contributed by atoms with van der Waals surface area (Å²) in [5, 5.41) is 0. The van der Waals surface area contributed by atoms with Gasteiger partial charge < -0.3 is 4.79 Å². The van der Waals surface area contributed by atoms with Crippen molar-refractivity contribution in [3.05, 3.63) is 34.9 Å². The van der Waals surface area contributed by atoms with E-state index in [1.807, 2.05) is 0 Å². The Labute approximate surface area is 105 Å². The van der Waals surface area contributed by atoms with Gasteiger partial charge in [-0.25, -0.2) is 0 Å². The monoisotopic (exact) mass is 232 g/mol. The molecule has 0 saturated heterocycles. The summed E-state index contributed by atoms with van der Waals surface area (Å²) in [6, 6.07) is 6.74. The van der Waals surface area contributed by atoms with Crippen LogP contribution < -0.4 is 0 Å². The highest BCUT2D eigenvalue weighted by molar-refractivity contribution is 5.52. The molecule has 1 heteroatoms. The van der Waals surface area contributed by atoms with E-state index < -0.39 is 0 Å². The van der Waals surface area contributed by atoms with Crippen molar-refractivity contribution in [3.8, 4) is 0 Å². The fraction of sp³-hybridized carbons (Fsp3) is 0.562. The van der Waals surface area contributed by atoms with Gasteiger partial charge in [-0.3, -0.25) is 0 Å². The minimum absolute atomic E-state index is 0.323. The summed E-state index contributed by atoms with van der Waals surface area (Å²) in [5.74, 6) is 1.38. The Morgan fingerprint density at radius 2 is 1.65 bits per heavy atom. The Hall–Kier alpha value is -1.11. The van der Waals surface area contributed by atoms with Gasteiger partial charge in [0.15, 0.2) is 0 Å². The molecule has 0 aliphatic heterocycles. The van der Waals surface area contributed by atoms with E-state index in [1.165, 1.54) is 16.7 Å². The number of benzene rings is 1. The summed E-state index contributed by atoms with van der Waals surface area (Å²) in [6.07, 6.45) is 1.64. The molecule has 0 aliphatic rings. The summed E-state index contributed by atoms with van der Waals surface area (Å²) in [6.45, 7) is 11.0. The first-order valence-corrected chi connectivity index (χ1v) is 6.54. The zero-order valence-electron chi connectivity index (χ0n) is 11.7. The van der Waals surface area contributed by atoms with Crippen LogP contribution in [0, 0.1) is 0 Å². The van der Waals surface area contributed by atoms with Crippen LogP contribution in [0.5, 0.6) is 0 Å². The highest BCUT2D eigenvalue weighted by atomic mass is 16.1. The van der Waals surface area contributed by atoms with Gasteiger partial charge in [0.25, 0.3) is 0 Å². The predicted molar refractivity (Wildman–Crippen MR) is 73.7 cm³/mol. The third kappa shape index (κ3) is 3.42. The zero-order chi connectivity index (χ0) is 13.0. The van der Waals surface area contributed by atoms with Crippen molar-refractivity contribution in [2.75, 3.05) is 0 Å². The van der Waals surface area contributed by atoms with Crippen molar-refractivity contribution >= 4 is 6.29 Å². The van der Waals surface area contributed by atoms with Crippen molar-refractivity contribution in [2.24, 2.45) is 0 Å². The second-order valence-electron chi connectivity index (χ2n) is 5.50. The Balaban J connectivity index is 3.19. The van der Waals surface area contributed by atoms with Crippen LogP contribution in [0.4, 0.5) is 0 Å². The predicted octanol–water partition coefficient (Wildman–Crippen LogP) is 4.63. The molecular formula is C16H24O. The number of hydrogen-bond acceptors (Lipinski definition) is 1. The van der Waals surface area contributed by atoms with E-state index in [0.29, 0.717) is 24.2 Å². The number of hydrogen-bond donors (Lipinski definition) is 0. The van der Waals surface area contributed by atoms with Gasteiger partial charge in [-0.1, -0.05) is 52.8 Å². The molecule has 0 heterocycles. The molecule has 0 spiro atoms. The van der Waals surface area contributed by atoms with Gasteiger partial charge in [-0.2, -0.15) is 0 Å². The quantitative estimate of drug-likeness (QED) is 0.677. The van der Waals surface area contributed by atoms with Gasteiger partial charge >= 0.3 is 0 Å². The van der Waals surface area contributed by atoms with E-state index in [-0.39, 0.29) is 0 Å². The van der Waals surface area contributed by atoms with Crippen LogP contribution in [0.15, 0.2) is 18.2 Å². The van der Waals surface area contributed by atoms with Gasteiger partial charge in [0.2, 0.25) is 0 Å². The van der Waals surface area contributed by atoms with Crippen molar-refractivity contribution in [2.45, 2.75) is 58.8 Å². The van der Waals surface area contributed by atoms with Gasteiger partial charge in [0.1, 0.15) is 6.29 Å². The molecule has 17 heavy (non-hydrogen) atoms. The molecule has 94 valence electrons. The van der Waals surface area contributed by atoms with E-state index in [0.717, 1.165) is 6.29 Å². The van der Waals surface area contributed by atoms with Crippen LogP contribution in [0.3, 0.4) is 0 Å². The maximum absolute atomic E-state index is 10.7. The Morgan fingerprint density at radius 1 is 1.00 bits per heavy atom. The first-order chi connectivity index (χ1) is 7.97. The Bertz CT molecular complexity index is 377. The van der Waals surface area contributed by atoms with E-state index in [1.54, 1.807) is 0 Å². The summed E-state index contributed by atoms with van der Waals surface area (Å²) in [4.78, 5) is 10.7. The Morgan fingerprint density at radius 3 is 2.12 bits per heavy atom. The van der Waals surface area contributed by atoms with Gasteiger partial charge in [-0.15, -0.1) is 0 Å². The number of carbonyl (C=O) groups is 1. The first kappa shape index (κ1) is 14.0. The SMILES string of the molecule is CC(C)c1ccc(C(C)C)c(C(C)CC=O)c1. The average molecular weight is 232 g/mol. The Kier molecular flexibility index (Phi) is 4.92. The molecule has 0 fully saturated rings. The topological polar surface area (TPSA) is 17.1 Å². The molecule has 1 aromatic carbocycles. The van der Waals surface area contributed by atoms with Gasteiger partial charge in [0, 0.05) is 6.42 Å². The van der Waals surface area contributed by atoms with Crippen molar-refractivity contribution in [1.82, 2.24) is 0 Å². The van der Waals surface area contributed by atoms with E-state index in [9.17, 15) is 4.79 Å². The number of aldehydes is 1. The van der Waals surface area contributed by atoms with Crippen LogP contribution in [0.25, 0.3) is 0 Å². The summed E-state index contributed by atoms with van der Waals surface area (Å²) >= 11 is 0. The van der Waals surface area contributed by atoms with E-state index in [2.05, 4.69) is 52.8 Å². The summed E-state index contributed by atoms with van der Waals surface area (Å²) in [5.41, 5.74) is 4.09. The standard InChI is InChI=1S/C16H24O/c1-11(2)14-6-7-15(12(3)4)16(10-14)13(5)8-9-17/h6-7,9-13H,8H2,1-5H3. The van der Waals surface area contributed by atoms with Gasteiger partial charge in [-0.05, 0) is 34.4 Å². The largest absolute Gasteiger partial charge is 0.303 e. The minimum atomic E-state index is 0.323. The summed E-state index contributed by atoms with van der Waals surface area (Å²) < 4.78 is 0. The maximum Gasteiger partial charge on any atom is 0.120 e. The van der Waals surface area contributed by atoms with E-state index >= 15 is 0 Å². The molecule has 0 bridgehead atoms. The maximum atomic E-state index is 10.7. The zero-order valence-corrected chi connectivity index (χ0v) is 11.7. The van der Waals surface area contributed by atoms with Gasteiger partial charge in [0.05, 0.1) is 0 Å². The smallest absolute Gasteiger partial charge is 0.120 e. The molecule has 0 aliphatic carbocycles. The lowest BCUT2D eigenvalue weighted by Crippen LogP contribution is -2.03. The lowest BCUT2D eigenvalue weighted by Gasteiger charge is -2.19. The second kappa shape index (κ2) is 6.00. The lowest BCUT2D eigenvalue weighted by atomic mass is 9.85. The highest BCUT2D eigenvalue weighted by Gasteiger charge is 2.14. The molecule has 1 aromatic rings. The molecule has 0 N–H and O–H groups in total. The molecule has 1 nitrogen and oxygen atoms in total. The molecule has 0 saturated carbocycles. The van der Waals surface area contributed by atoms with Crippen LogP contribution in [-0.2, 0) is 4.79 Å². The highest BCUT2D eigenvalue weighted by Crippen LogP contribution is 2.30. The van der Waals surface area contributed by atoms with Crippen LogP contribution in [0.1, 0.15) is 75.5 Å². The number of carbonyl (C=O) groups excluding carboxylic acids is 1. The van der Waals surface area contributed by atoms with Crippen LogP contribution in [0.2, 0.25) is 0 Å². The molecule has 0 aromatic heterocycles.